The van der Waals surface area contributed by atoms with Gasteiger partial charge < -0.3 is 5.32 Å². The average Bonchev–Trinajstić information content (AvgIpc) is 3.75. The number of aryl methyl sites for hydroxylation is 1. The lowest BCUT2D eigenvalue weighted by Gasteiger charge is -2.70. The van der Waals surface area contributed by atoms with Gasteiger partial charge in [-0.25, -0.2) is 0 Å². The molecule has 1 aromatic heterocycles. The van der Waals surface area contributed by atoms with Crippen molar-refractivity contribution in [2.45, 2.75) is 109 Å². The first-order valence-electron chi connectivity index (χ1n) is 28.4. The molecule has 6 aliphatic carbocycles. The van der Waals surface area contributed by atoms with E-state index in [0.29, 0.717) is 16.7 Å². The monoisotopic (exact) mass is 964 g/mol. The summed E-state index contributed by atoms with van der Waals surface area (Å²) >= 11 is 1.95. The fraction of sp³-hybridized carbons (Fsp3) is 0.343. The molecule has 3 heteroatoms. The Bertz CT molecular complexity index is 3750. The van der Waals surface area contributed by atoms with E-state index in [0.717, 1.165) is 60.8 Å². The predicted octanol–water partition coefficient (Wildman–Crippen LogP) is 17.1. The minimum Gasteiger partial charge on any atom is -0.354 e. The molecule has 2 heterocycles. The smallest absolute Gasteiger partial charge is 0.193 e. The van der Waals surface area contributed by atoms with Crippen LogP contribution in [-0.4, -0.2) is 7.28 Å². The number of hydrogen-bond acceptors (Lipinski definition) is 2. The van der Waals surface area contributed by atoms with E-state index in [4.69, 9.17) is 0 Å². The van der Waals surface area contributed by atoms with Gasteiger partial charge in [0.1, 0.15) is 0 Å². The Balaban J connectivity index is 0.882. The Morgan fingerprint density at radius 1 is 0.575 bits per heavy atom. The Morgan fingerprint density at radius 2 is 1.33 bits per heavy atom. The summed E-state index contributed by atoms with van der Waals surface area (Å²) in [6, 6.07) is 57.4. The van der Waals surface area contributed by atoms with Crippen LogP contribution in [0.2, 0.25) is 0 Å². The Labute approximate surface area is 437 Å². The first-order valence-corrected chi connectivity index (χ1v) is 29.2. The lowest BCUT2D eigenvalue weighted by atomic mass is 9.34. The summed E-state index contributed by atoms with van der Waals surface area (Å²) < 4.78 is 2.68. The molecule has 73 heavy (non-hydrogen) atoms. The largest absolute Gasteiger partial charge is 0.354 e. The summed E-state index contributed by atoms with van der Waals surface area (Å²) in [7, 11) is 0.984. The minimum absolute atomic E-state index is 0.318. The molecule has 16 rings (SSSR count). The second-order valence-corrected chi connectivity index (χ2v) is 26.7. The van der Waals surface area contributed by atoms with E-state index in [1.165, 1.54) is 122 Å². The molecule has 8 atom stereocenters. The van der Waals surface area contributed by atoms with Crippen LogP contribution < -0.4 is 16.2 Å². The first-order chi connectivity index (χ1) is 35.6. The molecule has 1 nitrogen and oxygen atoms in total. The number of benzene rings is 8. The number of fused-ring (bicyclic) bond motifs is 10. The molecule has 2 bridgehead atoms. The molecule has 5 fully saturated rings. The third kappa shape index (κ3) is 6.52. The molecule has 5 saturated carbocycles. The number of anilines is 2. The van der Waals surface area contributed by atoms with Gasteiger partial charge in [0.05, 0.1) is 10.4 Å². The van der Waals surface area contributed by atoms with Gasteiger partial charge in [0.2, 0.25) is 0 Å². The molecule has 7 aliphatic rings. The van der Waals surface area contributed by atoms with Crippen molar-refractivity contribution in [3.8, 4) is 33.4 Å². The maximum Gasteiger partial charge on any atom is 0.193 e. The average molecular weight is 964 g/mol. The Kier molecular flexibility index (Phi) is 9.42. The normalized spacial score (nSPS) is 29.0. The van der Waals surface area contributed by atoms with Gasteiger partial charge in [0.25, 0.3) is 0 Å². The van der Waals surface area contributed by atoms with E-state index in [2.05, 4.69) is 179 Å². The number of nitrogens with one attached hydrogen (secondary N) is 1. The Hall–Kier alpha value is -5.90. The van der Waals surface area contributed by atoms with Crippen molar-refractivity contribution in [3.63, 3.8) is 0 Å². The van der Waals surface area contributed by atoms with Gasteiger partial charge in [0.15, 0.2) is 7.28 Å². The van der Waals surface area contributed by atoms with E-state index in [9.17, 15) is 0 Å². The fourth-order valence-electron chi connectivity index (χ4n) is 18.5. The van der Waals surface area contributed by atoms with Gasteiger partial charge in [-0.2, -0.15) is 0 Å². The molecular formula is C70H66BNS. The summed E-state index contributed by atoms with van der Waals surface area (Å²) in [5.74, 6) is 6.38. The van der Waals surface area contributed by atoms with Gasteiger partial charge in [-0.15, -0.1) is 11.3 Å². The van der Waals surface area contributed by atoms with E-state index in [1.54, 1.807) is 49.9 Å². The molecule has 8 aromatic carbocycles. The zero-order chi connectivity index (χ0) is 48.5. The van der Waals surface area contributed by atoms with E-state index >= 15 is 0 Å². The topological polar surface area (TPSA) is 12.0 Å². The van der Waals surface area contributed by atoms with Crippen LogP contribution in [0.4, 0.5) is 11.4 Å². The second-order valence-electron chi connectivity index (χ2n) is 25.6. The molecular weight excluding hydrogens is 898 g/mol. The van der Waals surface area contributed by atoms with Gasteiger partial charge in [-0.05, 0) is 214 Å². The van der Waals surface area contributed by atoms with Crippen molar-refractivity contribution in [3.05, 3.63) is 179 Å². The standard InChI is InChI=1S/C70H66BNS/c1-39-25-60(54-20-21-55-57-28-46-12-8-9-13-47(46)30-63(57)73-68(55)67(54)72-53-18-15-45(16-19-53)44-10-6-5-7-11-44)66-61(26-39)58-29-48-14-17-51(69-34-40(2)22-43(37-69)23-41(3)35-69)31-56(48)59-32-52(33-62(71-66)64(58)59)70-36-42(4)24-49-27-50(38-70)65(49)70/h5-21,25-26,28,30-33,40-43,49-50,58,65,71-72H,22-24,27,29,34-38H2,1-4H3. The summed E-state index contributed by atoms with van der Waals surface area (Å²) in [4.78, 5) is 0. The highest BCUT2D eigenvalue weighted by Crippen LogP contribution is 2.72. The van der Waals surface area contributed by atoms with Gasteiger partial charge in [0, 0.05) is 32.6 Å². The maximum absolute atomic E-state index is 4.14. The highest BCUT2D eigenvalue weighted by molar-refractivity contribution is 7.26. The van der Waals surface area contributed by atoms with Crippen LogP contribution in [-0.2, 0) is 17.3 Å². The summed E-state index contributed by atoms with van der Waals surface area (Å²) in [6.07, 6.45) is 13.7. The van der Waals surface area contributed by atoms with Crippen molar-refractivity contribution < 1.29 is 0 Å². The summed E-state index contributed by atoms with van der Waals surface area (Å²) in [5.41, 5.74) is 24.1. The van der Waals surface area contributed by atoms with E-state index < -0.39 is 0 Å². The highest BCUT2D eigenvalue weighted by Gasteiger charge is 2.65. The summed E-state index contributed by atoms with van der Waals surface area (Å²) in [5, 5.41) is 9.42. The maximum atomic E-state index is 4.14. The van der Waals surface area contributed by atoms with Crippen molar-refractivity contribution in [2.75, 3.05) is 5.32 Å². The van der Waals surface area contributed by atoms with Crippen LogP contribution >= 0.6 is 11.3 Å². The van der Waals surface area contributed by atoms with Crippen LogP contribution in [0.3, 0.4) is 0 Å². The van der Waals surface area contributed by atoms with Crippen molar-refractivity contribution in [2.24, 2.45) is 41.4 Å². The van der Waals surface area contributed by atoms with Gasteiger partial charge >= 0.3 is 0 Å². The zero-order valence-corrected chi connectivity index (χ0v) is 44.0. The second kappa shape index (κ2) is 15.8. The zero-order valence-electron chi connectivity index (χ0n) is 43.2. The van der Waals surface area contributed by atoms with Crippen LogP contribution in [0.5, 0.6) is 0 Å². The number of rotatable bonds is 6. The lowest BCUT2D eigenvalue weighted by molar-refractivity contribution is -0.159. The van der Waals surface area contributed by atoms with Crippen LogP contribution in [0.25, 0.3) is 64.3 Å². The number of hydrogen-bond donors (Lipinski definition) is 1. The molecule has 8 unspecified atom stereocenters. The van der Waals surface area contributed by atoms with Crippen molar-refractivity contribution >= 4 is 71.9 Å². The van der Waals surface area contributed by atoms with E-state index in [-0.39, 0.29) is 0 Å². The molecule has 0 spiro atoms. The predicted molar refractivity (Wildman–Crippen MR) is 312 cm³/mol. The van der Waals surface area contributed by atoms with Crippen LogP contribution in [0.15, 0.2) is 146 Å². The Morgan fingerprint density at radius 3 is 2.14 bits per heavy atom. The minimum atomic E-state index is 0.318. The van der Waals surface area contributed by atoms with Crippen LogP contribution in [0, 0.1) is 48.3 Å². The highest BCUT2D eigenvalue weighted by atomic mass is 32.1. The van der Waals surface area contributed by atoms with Crippen LogP contribution in [0.1, 0.15) is 118 Å². The third-order valence-electron chi connectivity index (χ3n) is 20.8. The summed E-state index contributed by atoms with van der Waals surface area (Å²) in [6.45, 7) is 10.1. The molecule has 1 N–H and O–H groups in total. The lowest BCUT2D eigenvalue weighted by Crippen LogP contribution is -2.65. The van der Waals surface area contributed by atoms with E-state index in [1.807, 2.05) is 11.3 Å². The van der Waals surface area contributed by atoms with Gasteiger partial charge in [-0.3, -0.25) is 0 Å². The number of thiophene rings is 1. The fourth-order valence-corrected chi connectivity index (χ4v) is 19.7. The van der Waals surface area contributed by atoms with Crippen molar-refractivity contribution in [1.29, 1.82) is 0 Å². The SMILES string of the molecule is Cc1cc(-c2ccc3c(sc4cc5ccccc5cc43)c2Nc2ccc(-c3ccccc3)cc2)c2c(c1)C1Cc3ccc(C45CC(C)CC(CC(C)C4)C5)cc3-c3cc(C45CC(C)CC6CC(C4)C65)cc(c31)B2. The van der Waals surface area contributed by atoms with Gasteiger partial charge in [-0.1, -0.05) is 159 Å². The molecule has 1 aliphatic heterocycles. The molecule has 0 saturated heterocycles. The molecule has 0 amide bonds. The third-order valence-corrected chi connectivity index (χ3v) is 22.0. The molecule has 360 valence electrons. The molecule has 9 aromatic rings. The van der Waals surface area contributed by atoms with Crippen molar-refractivity contribution in [1.82, 2.24) is 0 Å². The quantitative estimate of drug-likeness (QED) is 0.164. The molecule has 0 radical (unpaired) electrons. The first kappa shape index (κ1) is 43.5.